The largest absolute Gasteiger partial charge is 0.423 e. The van der Waals surface area contributed by atoms with Gasteiger partial charge in [-0.25, -0.2) is 4.79 Å². The van der Waals surface area contributed by atoms with Gasteiger partial charge < -0.3 is 19.5 Å². The first-order valence-electron chi connectivity index (χ1n) is 6.23. The van der Waals surface area contributed by atoms with Gasteiger partial charge in [0, 0.05) is 18.0 Å². The lowest BCUT2D eigenvalue weighted by Gasteiger charge is -2.07. The van der Waals surface area contributed by atoms with E-state index in [2.05, 4.69) is 5.32 Å². The molecule has 20 heavy (non-hydrogen) atoms. The zero-order chi connectivity index (χ0) is 14.6. The van der Waals surface area contributed by atoms with Crippen LogP contribution in [0.4, 0.5) is 0 Å². The molecule has 1 aromatic heterocycles. The quantitative estimate of drug-likeness (QED) is 0.424. The lowest BCUT2D eigenvalue weighted by molar-refractivity contribution is 0.371. The van der Waals surface area contributed by atoms with Gasteiger partial charge in [0.2, 0.25) is 0 Å². The molecule has 0 aliphatic heterocycles. The van der Waals surface area contributed by atoms with Gasteiger partial charge in [0.15, 0.2) is 0 Å². The zero-order valence-corrected chi connectivity index (χ0v) is 11.7. The Morgan fingerprint density at radius 1 is 1.25 bits per heavy atom. The number of benzene rings is 1. The molecule has 0 aliphatic rings. The Balaban J connectivity index is 2.00. The van der Waals surface area contributed by atoms with Crippen LogP contribution in [0.15, 0.2) is 39.5 Å². The van der Waals surface area contributed by atoms with Crippen molar-refractivity contribution in [2.75, 3.05) is 12.7 Å². The molecule has 0 saturated heterocycles. The van der Waals surface area contributed by atoms with Crippen LogP contribution in [-0.4, -0.2) is 22.5 Å². The second-order valence-corrected chi connectivity index (χ2v) is 6.28. The van der Waals surface area contributed by atoms with Crippen molar-refractivity contribution in [1.29, 1.82) is 0 Å². The molecule has 0 atom stereocenters. The standard InChI is InChI=1S/C13H16NO5P/c15-13-8-10(9-14-6-3-7-20(16,17)18)11-4-1-2-5-12(11)19-13/h1-2,4-5,8,14H,3,6-7,9H2,(H2,16,17,18). The minimum Gasteiger partial charge on any atom is -0.423 e. The third kappa shape index (κ3) is 4.28. The van der Waals surface area contributed by atoms with Crippen molar-refractivity contribution in [3.05, 3.63) is 46.3 Å². The minimum atomic E-state index is -3.93. The summed E-state index contributed by atoms with van der Waals surface area (Å²) in [5.41, 5.74) is 0.941. The van der Waals surface area contributed by atoms with E-state index in [0.29, 0.717) is 25.1 Å². The van der Waals surface area contributed by atoms with E-state index in [1.54, 1.807) is 12.1 Å². The van der Waals surface area contributed by atoms with E-state index in [4.69, 9.17) is 14.2 Å². The molecular formula is C13H16NO5P. The number of rotatable bonds is 6. The first-order chi connectivity index (χ1) is 9.46. The van der Waals surface area contributed by atoms with Crippen molar-refractivity contribution in [2.45, 2.75) is 13.0 Å². The molecule has 0 spiro atoms. The first-order valence-corrected chi connectivity index (χ1v) is 8.02. The van der Waals surface area contributed by atoms with Crippen LogP contribution in [0.5, 0.6) is 0 Å². The maximum Gasteiger partial charge on any atom is 0.336 e. The number of hydrogen-bond donors (Lipinski definition) is 3. The molecule has 2 rings (SSSR count). The summed E-state index contributed by atoms with van der Waals surface area (Å²) >= 11 is 0. The summed E-state index contributed by atoms with van der Waals surface area (Å²) in [7, 11) is -3.93. The van der Waals surface area contributed by atoms with E-state index in [1.165, 1.54) is 6.07 Å². The second-order valence-electron chi connectivity index (χ2n) is 4.51. The Labute approximate surface area is 115 Å². The van der Waals surface area contributed by atoms with Gasteiger partial charge in [-0.2, -0.15) is 0 Å². The lowest BCUT2D eigenvalue weighted by Crippen LogP contribution is -2.17. The van der Waals surface area contributed by atoms with Crippen LogP contribution in [0.3, 0.4) is 0 Å². The molecule has 0 amide bonds. The summed E-state index contributed by atoms with van der Waals surface area (Å²) in [5.74, 6) is 0. The maximum absolute atomic E-state index is 11.4. The summed E-state index contributed by atoms with van der Waals surface area (Å²) < 4.78 is 15.8. The fourth-order valence-corrected chi connectivity index (χ4v) is 2.53. The third-order valence-corrected chi connectivity index (χ3v) is 3.75. The van der Waals surface area contributed by atoms with Gasteiger partial charge in [0.05, 0.1) is 6.16 Å². The average molecular weight is 297 g/mol. The summed E-state index contributed by atoms with van der Waals surface area (Å²) in [6, 6.07) is 8.68. The molecule has 0 saturated carbocycles. The van der Waals surface area contributed by atoms with Crippen molar-refractivity contribution < 1.29 is 18.8 Å². The van der Waals surface area contributed by atoms with Crippen molar-refractivity contribution in [2.24, 2.45) is 0 Å². The van der Waals surface area contributed by atoms with E-state index in [-0.39, 0.29) is 6.16 Å². The molecule has 7 heteroatoms. The summed E-state index contributed by atoms with van der Waals surface area (Å²) in [6.45, 7) is 0.924. The predicted octanol–water partition coefficient (Wildman–Crippen LogP) is 1.45. The topological polar surface area (TPSA) is 99.8 Å². The molecule has 0 aliphatic carbocycles. The number of fused-ring (bicyclic) bond motifs is 1. The fraction of sp³-hybridized carbons (Fsp3) is 0.308. The normalized spacial score (nSPS) is 11.9. The van der Waals surface area contributed by atoms with Crippen LogP contribution in [0.2, 0.25) is 0 Å². The van der Waals surface area contributed by atoms with E-state index in [1.807, 2.05) is 12.1 Å². The molecular weight excluding hydrogens is 281 g/mol. The van der Waals surface area contributed by atoms with E-state index < -0.39 is 13.2 Å². The zero-order valence-electron chi connectivity index (χ0n) is 10.8. The van der Waals surface area contributed by atoms with E-state index in [9.17, 15) is 9.36 Å². The van der Waals surface area contributed by atoms with Crippen LogP contribution in [-0.2, 0) is 11.1 Å². The predicted molar refractivity (Wildman–Crippen MR) is 75.7 cm³/mol. The summed E-state index contributed by atoms with van der Waals surface area (Å²) in [5, 5.41) is 3.93. The first kappa shape index (κ1) is 14.9. The highest BCUT2D eigenvalue weighted by Crippen LogP contribution is 2.34. The van der Waals surface area contributed by atoms with Crippen molar-refractivity contribution in [3.63, 3.8) is 0 Å². The van der Waals surface area contributed by atoms with Gasteiger partial charge in [0.25, 0.3) is 0 Å². The summed E-state index contributed by atoms with van der Waals surface area (Å²) in [6.07, 6.45) is 0.237. The van der Waals surface area contributed by atoms with Gasteiger partial charge in [-0.15, -0.1) is 0 Å². The third-order valence-electron chi connectivity index (χ3n) is 2.85. The molecule has 6 nitrogen and oxygen atoms in total. The minimum absolute atomic E-state index is 0.141. The Morgan fingerprint density at radius 3 is 2.75 bits per heavy atom. The monoisotopic (exact) mass is 297 g/mol. The molecule has 0 bridgehead atoms. The average Bonchev–Trinajstić information content (AvgIpc) is 2.36. The lowest BCUT2D eigenvalue weighted by atomic mass is 10.1. The van der Waals surface area contributed by atoms with Gasteiger partial charge >= 0.3 is 13.2 Å². The van der Waals surface area contributed by atoms with Crippen molar-refractivity contribution >= 4 is 18.6 Å². The van der Waals surface area contributed by atoms with Crippen LogP contribution in [0.25, 0.3) is 11.0 Å². The summed E-state index contributed by atoms with van der Waals surface area (Å²) in [4.78, 5) is 28.9. The molecule has 0 fully saturated rings. The number of hydrogen-bond acceptors (Lipinski definition) is 4. The van der Waals surface area contributed by atoms with Crippen molar-refractivity contribution in [1.82, 2.24) is 5.32 Å². The number of nitrogens with one attached hydrogen (secondary N) is 1. The highest BCUT2D eigenvalue weighted by atomic mass is 31.2. The van der Waals surface area contributed by atoms with E-state index >= 15 is 0 Å². The molecule has 1 heterocycles. The Bertz CT molecular complexity index is 690. The number of para-hydroxylation sites is 1. The smallest absolute Gasteiger partial charge is 0.336 e. The molecule has 3 N–H and O–H groups in total. The highest BCUT2D eigenvalue weighted by molar-refractivity contribution is 7.51. The van der Waals surface area contributed by atoms with Crippen molar-refractivity contribution in [3.8, 4) is 0 Å². The van der Waals surface area contributed by atoms with Crippen LogP contribution in [0, 0.1) is 0 Å². The highest BCUT2D eigenvalue weighted by Gasteiger charge is 2.11. The fourth-order valence-electron chi connectivity index (χ4n) is 1.96. The van der Waals surface area contributed by atoms with Gasteiger partial charge in [-0.05, 0) is 24.6 Å². The molecule has 0 radical (unpaired) electrons. The molecule has 108 valence electrons. The van der Waals surface area contributed by atoms with Crippen LogP contribution < -0.4 is 10.9 Å². The maximum atomic E-state index is 11.4. The molecule has 1 aromatic carbocycles. The van der Waals surface area contributed by atoms with Gasteiger partial charge in [-0.3, -0.25) is 4.57 Å². The van der Waals surface area contributed by atoms with Crippen LogP contribution in [0.1, 0.15) is 12.0 Å². The Hall–Kier alpha value is -1.46. The van der Waals surface area contributed by atoms with E-state index in [0.717, 1.165) is 10.9 Å². The Kier molecular flexibility index (Phi) is 4.73. The SMILES string of the molecule is O=c1cc(CNCCCP(=O)(O)O)c2ccccc2o1. The molecule has 2 aromatic rings. The second kappa shape index (κ2) is 6.33. The van der Waals surface area contributed by atoms with Crippen LogP contribution >= 0.6 is 7.60 Å². The van der Waals surface area contributed by atoms with Gasteiger partial charge in [0.1, 0.15) is 5.58 Å². The van der Waals surface area contributed by atoms with Gasteiger partial charge in [-0.1, -0.05) is 18.2 Å². The molecule has 0 unspecified atom stereocenters. The Morgan fingerprint density at radius 2 is 2.00 bits per heavy atom.